The molecule has 1 aliphatic carbocycles. The molecule has 0 radical (unpaired) electrons. The van der Waals surface area contributed by atoms with Crippen LogP contribution < -0.4 is 10.6 Å². The van der Waals surface area contributed by atoms with Crippen LogP contribution in [0.5, 0.6) is 0 Å². The van der Waals surface area contributed by atoms with Crippen molar-refractivity contribution in [1.82, 2.24) is 10.2 Å². The van der Waals surface area contributed by atoms with Gasteiger partial charge in [0.25, 0.3) is 11.8 Å². The second-order valence-corrected chi connectivity index (χ2v) is 8.17. The molecule has 8 heteroatoms. The van der Waals surface area contributed by atoms with Crippen LogP contribution >= 0.6 is 0 Å². The van der Waals surface area contributed by atoms with Gasteiger partial charge in [0.15, 0.2) is 6.10 Å². The Morgan fingerprint density at radius 1 is 1.17 bits per heavy atom. The van der Waals surface area contributed by atoms with Gasteiger partial charge >= 0.3 is 12.0 Å². The molecule has 1 aromatic rings. The number of anilines is 1. The van der Waals surface area contributed by atoms with Crippen LogP contribution in [0, 0.1) is 13.8 Å². The number of carbonyl (C=O) groups excluding carboxylic acids is 4. The Kier molecular flexibility index (Phi) is 6.43. The summed E-state index contributed by atoms with van der Waals surface area (Å²) >= 11 is 0. The summed E-state index contributed by atoms with van der Waals surface area (Å²) in [6.45, 7) is 5.20. The molecule has 1 unspecified atom stereocenters. The molecule has 1 heterocycles. The van der Waals surface area contributed by atoms with E-state index in [9.17, 15) is 19.2 Å². The lowest BCUT2D eigenvalue weighted by Gasteiger charge is -2.30. The zero-order valence-electron chi connectivity index (χ0n) is 17.7. The first kappa shape index (κ1) is 21.8. The average molecular weight is 415 g/mol. The van der Waals surface area contributed by atoms with Crippen LogP contribution in [-0.4, -0.2) is 46.9 Å². The lowest BCUT2D eigenvalue weighted by atomic mass is 9.82. The molecule has 162 valence electrons. The van der Waals surface area contributed by atoms with E-state index in [2.05, 4.69) is 10.6 Å². The summed E-state index contributed by atoms with van der Waals surface area (Å²) in [5, 5.41) is 5.60. The molecular weight excluding hydrogens is 386 g/mol. The number of nitrogens with zero attached hydrogens (tertiary/aromatic N) is 1. The van der Waals surface area contributed by atoms with Crippen molar-refractivity contribution in [2.24, 2.45) is 0 Å². The maximum absolute atomic E-state index is 12.7. The summed E-state index contributed by atoms with van der Waals surface area (Å²) in [4.78, 5) is 50.7. The molecule has 1 spiro atoms. The molecular formula is C22H29N3O5. The lowest BCUT2D eigenvalue weighted by molar-refractivity contribution is -0.153. The Bertz CT molecular complexity index is 840. The van der Waals surface area contributed by atoms with Gasteiger partial charge in [0.2, 0.25) is 0 Å². The number of amides is 4. The van der Waals surface area contributed by atoms with Crippen molar-refractivity contribution in [3.8, 4) is 0 Å². The molecule has 1 saturated heterocycles. The minimum atomic E-state index is -0.996. The lowest BCUT2D eigenvalue weighted by Crippen LogP contribution is -2.48. The number of hydrogen-bond acceptors (Lipinski definition) is 5. The topological polar surface area (TPSA) is 105 Å². The number of esters is 1. The number of rotatable bonds is 6. The van der Waals surface area contributed by atoms with Gasteiger partial charge in [-0.05, 0) is 44.7 Å². The molecule has 0 aromatic heterocycles. The number of carbonyl (C=O) groups is 4. The van der Waals surface area contributed by atoms with Gasteiger partial charge in [-0.1, -0.05) is 37.5 Å². The number of hydrogen-bond donors (Lipinski definition) is 2. The Morgan fingerprint density at radius 3 is 2.43 bits per heavy atom. The zero-order valence-corrected chi connectivity index (χ0v) is 17.7. The number of aryl methyl sites for hydroxylation is 2. The third-order valence-electron chi connectivity index (χ3n) is 5.90. The van der Waals surface area contributed by atoms with Crippen molar-refractivity contribution < 1.29 is 23.9 Å². The molecule has 0 bridgehead atoms. The summed E-state index contributed by atoms with van der Waals surface area (Å²) in [6, 6.07) is 5.21. The van der Waals surface area contributed by atoms with Gasteiger partial charge in [-0.3, -0.25) is 19.3 Å². The smallest absolute Gasteiger partial charge is 0.325 e. The summed E-state index contributed by atoms with van der Waals surface area (Å²) < 4.78 is 5.21. The highest BCUT2D eigenvalue weighted by molar-refractivity contribution is 6.07. The van der Waals surface area contributed by atoms with Crippen molar-refractivity contribution in [2.45, 2.75) is 70.9 Å². The van der Waals surface area contributed by atoms with Crippen LogP contribution in [0.15, 0.2) is 18.2 Å². The molecule has 2 fully saturated rings. The fourth-order valence-electron chi connectivity index (χ4n) is 4.12. The van der Waals surface area contributed by atoms with Gasteiger partial charge in [0.05, 0.1) is 6.42 Å². The normalized spacial score (nSPS) is 18.8. The molecule has 1 atom stereocenters. The SMILES string of the molecule is Cc1cccc(C)c1NC(=O)C(C)OC(=O)CCN1C(=O)NC2(CCCCC2)C1=O. The van der Waals surface area contributed by atoms with E-state index in [0.717, 1.165) is 35.3 Å². The van der Waals surface area contributed by atoms with Crippen molar-refractivity contribution in [2.75, 3.05) is 11.9 Å². The standard InChI is InChI=1S/C22H29N3O5/c1-14-8-7-9-15(2)18(14)23-19(27)16(3)30-17(26)10-13-25-20(28)22(24-21(25)29)11-5-4-6-12-22/h7-9,16H,4-6,10-13H2,1-3H3,(H,23,27)(H,24,29). The highest BCUT2D eigenvalue weighted by Crippen LogP contribution is 2.33. The summed E-state index contributed by atoms with van der Waals surface area (Å²) in [5.74, 6) is -1.33. The molecule has 4 amide bonds. The number of para-hydroxylation sites is 1. The quantitative estimate of drug-likeness (QED) is 0.549. The number of urea groups is 1. The maximum atomic E-state index is 12.7. The second kappa shape index (κ2) is 8.85. The van der Waals surface area contributed by atoms with Crippen molar-refractivity contribution in [1.29, 1.82) is 0 Å². The first-order valence-electron chi connectivity index (χ1n) is 10.4. The van der Waals surface area contributed by atoms with Gasteiger partial charge in [-0.15, -0.1) is 0 Å². The summed E-state index contributed by atoms with van der Waals surface area (Å²) in [7, 11) is 0. The summed E-state index contributed by atoms with van der Waals surface area (Å²) in [6.07, 6.45) is 2.96. The number of nitrogens with one attached hydrogen (secondary N) is 2. The van der Waals surface area contributed by atoms with Crippen molar-refractivity contribution in [3.63, 3.8) is 0 Å². The minimum absolute atomic E-state index is 0.0590. The first-order chi connectivity index (χ1) is 14.2. The molecule has 1 aliphatic heterocycles. The highest BCUT2D eigenvalue weighted by atomic mass is 16.5. The Balaban J connectivity index is 1.51. The van der Waals surface area contributed by atoms with Crippen LogP contribution in [0.1, 0.15) is 56.6 Å². The molecule has 1 saturated carbocycles. The van der Waals surface area contributed by atoms with Crippen molar-refractivity contribution in [3.05, 3.63) is 29.3 Å². The maximum Gasteiger partial charge on any atom is 0.325 e. The number of imide groups is 1. The van der Waals surface area contributed by atoms with E-state index >= 15 is 0 Å². The van der Waals surface area contributed by atoms with E-state index in [0.29, 0.717) is 18.5 Å². The van der Waals surface area contributed by atoms with Crippen molar-refractivity contribution >= 4 is 29.5 Å². The first-order valence-corrected chi connectivity index (χ1v) is 10.4. The van der Waals surface area contributed by atoms with E-state index in [1.165, 1.54) is 6.92 Å². The van der Waals surface area contributed by atoms with Gasteiger partial charge in [0, 0.05) is 12.2 Å². The Labute approximate surface area is 176 Å². The second-order valence-electron chi connectivity index (χ2n) is 8.17. The molecule has 30 heavy (non-hydrogen) atoms. The molecule has 8 nitrogen and oxygen atoms in total. The van der Waals surface area contributed by atoms with Gasteiger partial charge < -0.3 is 15.4 Å². The van der Waals surface area contributed by atoms with Crippen LogP contribution in [0.3, 0.4) is 0 Å². The van der Waals surface area contributed by atoms with Crippen LogP contribution in [0.4, 0.5) is 10.5 Å². The largest absolute Gasteiger partial charge is 0.452 e. The van der Waals surface area contributed by atoms with Crippen LogP contribution in [-0.2, 0) is 19.1 Å². The molecule has 2 N–H and O–H groups in total. The summed E-state index contributed by atoms with van der Waals surface area (Å²) in [5.41, 5.74) is 1.72. The average Bonchev–Trinajstić information content (AvgIpc) is 2.92. The number of ether oxygens (including phenoxy) is 1. The van der Waals surface area contributed by atoms with Gasteiger partial charge in [0.1, 0.15) is 5.54 Å². The fraction of sp³-hybridized carbons (Fsp3) is 0.545. The predicted molar refractivity (Wildman–Crippen MR) is 111 cm³/mol. The van der Waals surface area contributed by atoms with Gasteiger partial charge in [-0.2, -0.15) is 0 Å². The zero-order chi connectivity index (χ0) is 21.9. The molecule has 1 aromatic carbocycles. The Morgan fingerprint density at radius 2 is 1.80 bits per heavy atom. The fourth-order valence-corrected chi connectivity index (χ4v) is 4.12. The third kappa shape index (κ3) is 4.47. The predicted octanol–water partition coefficient (Wildman–Crippen LogP) is 2.82. The van der Waals surface area contributed by atoms with E-state index in [1.807, 2.05) is 32.0 Å². The van der Waals surface area contributed by atoms with Crippen LogP contribution in [0.25, 0.3) is 0 Å². The monoisotopic (exact) mass is 415 g/mol. The molecule has 3 rings (SSSR count). The van der Waals surface area contributed by atoms with Gasteiger partial charge in [-0.25, -0.2) is 4.79 Å². The van der Waals surface area contributed by atoms with E-state index in [4.69, 9.17) is 4.74 Å². The number of benzene rings is 1. The van der Waals surface area contributed by atoms with Crippen LogP contribution in [0.2, 0.25) is 0 Å². The Hall–Kier alpha value is -2.90. The highest BCUT2D eigenvalue weighted by Gasteiger charge is 2.51. The molecule has 2 aliphatic rings. The van der Waals surface area contributed by atoms with E-state index in [-0.39, 0.29) is 18.9 Å². The van der Waals surface area contributed by atoms with E-state index in [1.54, 1.807) is 0 Å². The van der Waals surface area contributed by atoms with E-state index < -0.39 is 29.6 Å². The third-order valence-corrected chi connectivity index (χ3v) is 5.90. The minimum Gasteiger partial charge on any atom is -0.452 e.